The number of hydrogen-bond acceptors (Lipinski definition) is 8. The number of hydrogen-bond donors (Lipinski definition) is 1. The lowest BCUT2D eigenvalue weighted by atomic mass is 9.83. The van der Waals surface area contributed by atoms with Crippen molar-refractivity contribution in [2.24, 2.45) is 10.7 Å². The summed E-state index contributed by atoms with van der Waals surface area (Å²) in [5.41, 5.74) is 12.5. The molecule has 6 heterocycles. The van der Waals surface area contributed by atoms with Crippen molar-refractivity contribution in [3.05, 3.63) is 70.9 Å². The molecular weight excluding hydrogens is 438 g/mol. The number of anilines is 2. The zero-order valence-electron chi connectivity index (χ0n) is 19.9. The van der Waals surface area contributed by atoms with Gasteiger partial charge in [0.25, 0.3) is 0 Å². The fourth-order valence-corrected chi connectivity index (χ4v) is 6.09. The molecule has 35 heavy (non-hydrogen) atoms. The quantitative estimate of drug-likeness (QED) is 0.587. The molecular formula is C27H29N7O. The van der Waals surface area contributed by atoms with Crippen LogP contribution in [0.5, 0.6) is 5.75 Å². The fourth-order valence-electron chi connectivity index (χ4n) is 6.09. The summed E-state index contributed by atoms with van der Waals surface area (Å²) in [6, 6.07) is 12.2. The summed E-state index contributed by atoms with van der Waals surface area (Å²) in [7, 11) is 0. The fraction of sp³-hybridized carbons (Fsp3) is 0.407. The highest BCUT2D eigenvalue weighted by molar-refractivity contribution is 6.11. The molecule has 4 aliphatic heterocycles. The maximum absolute atomic E-state index is 6.67. The van der Waals surface area contributed by atoms with Crippen LogP contribution in [0.2, 0.25) is 0 Å². The molecule has 0 radical (unpaired) electrons. The standard InChI is InChI=1S/C27H29N7O/c1-17-25(33-14-10-27(11-15-33)24(28)18-6-2-3-9-22(18)35-27)32-20-16-30-26(23(20)31-17)34-13-5-7-19-21(34)8-4-12-29-19/h2-4,6,8-9,12,24H,5,7,10-11,13-16,28H2,1H3/t24-/m1/s1. The molecule has 1 fully saturated rings. The molecule has 0 bridgehead atoms. The van der Waals surface area contributed by atoms with Crippen LogP contribution in [0, 0.1) is 6.92 Å². The lowest BCUT2D eigenvalue weighted by molar-refractivity contribution is 0.0430. The third-order valence-corrected chi connectivity index (χ3v) is 7.96. The molecule has 3 aromatic rings. The third-order valence-electron chi connectivity index (χ3n) is 7.96. The number of benzene rings is 1. The van der Waals surface area contributed by atoms with Crippen molar-refractivity contribution in [1.82, 2.24) is 15.0 Å². The minimum atomic E-state index is -0.329. The first-order chi connectivity index (χ1) is 17.1. The van der Waals surface area contributed by atoms with Crippen LogP contribution in [0.15, 0.2) is 47.6 Å². The minimum absolute atomic E-state index is 0.0917. The van der Waals surface area contributed by atoms with E-state index in [1.54, 1.807) is 0 Å². The zero-order chi connectivity index (χ0) is 23.6. The predicted octanol–water partition coefficient (Wildman–Crippen LogP) is 3.32. The van der Waals surface area contributed by atoms with E-state index in [4.69, 9.17) is 25.4 Å². The molecule has 2 N–H and O–H groups in total. The third kappa shape index (κ3) is 3.16. The maximum Gasteiger partial charge on any atom is 0.156 e. The van der Waals surface area contributed by atoms with E-state index in [1.165, 1.54) is 0 Å². The Kier molecular flexibility index (Phi) is 4.61. The number of ether oxygens (including phenoxy) is 1. The molecule has 0 amide bonds. The number of nitrogens with zero attached hydrogens (tertiary/aromatic N) is 6. The summed E-state index contributed by atoms with van der Waals surface area (Å²) in [4.78, 5) is 24.2. The van der Waals surface area contributed by atoms with Gasteiger partial charge >= 0.3 is 0 Å². The number of aryl methyl sites for hydroxylation is 2. The van der Waals surface area contributed by atoms with E-state index < -0.39 is 0 Å². The summed E-state index contributed by atoms with van der Waals surface area (Å²) in [5.74, 6) is 2.82. The van der Waals surface area contributed by atoms with Gasteiger partial charge in [-0.15, -0.1) is 0 Å². The van der Waals surface area contributed by atoms with Crippen LogP contribution in [0.25, 0.3) is 0 Å². The van der Waals surface area contributed by atoms with Crippen molar-refractivity contribution in [1.29, 1.82) is 0 Å². The van der Waals surface area contributed by atoms with Crippen LogP contribution in [-0.4, -0.2) is 46.0 Å². The Balaban J connectivity index is 1.13. The molecule has 0 unspecified atom stereocenters. The minimum Gasteiger partial charge on any atom is -0.485 e. The number of fused-ring (bicyclic) bond motifs is 3. The van der Waals surface area contributed by atoms with Crippen molar-refractivity contribution in [3.63, 3.8) is 0 Å². The predicted molar refractivity (Wildman–Crippen MR) is 135 cm³/mol. The van der Waals surface area contributed by atoms with E-state index >= 15 is 0 Å². The number of pyridine rings is 1. The Morgan fingerprint density at radius 3 is 2.74 bits per heavy atom. The smallest absolute Gasteiger partial charge is 0.156 e. The normalized spacial score (nSPS) is 21.9. The van der Waals surface area contributed by atoms with Crippen LogP contribution in [-0.2, 0) is 13.0 Å². The first kappa shape index (κ1) is 20.8. The van der Waals surface area contributed by atoms with Gasteiger partial charge in [0, 0.05) is 44.2 Å². The lowest BCUT2D eigenvalue weighted by Crippen LogP contribution is -2.51. The second kappa shape index (κ2) is 7.75. The second-order valence-corrected chi connectivity index (χ2v) is 9.96. The van der Waals surface area contributed by atoms with Gasteiger partial charge in [-0.2, -0.15) is 0 Å². The maximum atomic E-state index is 6.67. The molecule has 1 spiro atoms. The molecule has 8 heteroatoms. The van der Waals surface area contributed by atoms with Gasteiger partial charge < -0.3 is 20.3 Å². The van der Waals surface area contributed by atoms with Crippen molar-refractivity contribution >= 4 is 17.3 Å². The van der Waals surface area contributed by atoms with Crippen LogP contribution >= 0.6 is 0 Å². The molecule has 1 atom stereocenters. The van der Waals surface area contributed by atoms with Gasteiger partial charge in [-0.3, -0.25) is 9.98 Å². The highest BCUT2D eigenvalue weighted by atomic mass is 16.5. The van der Waals surface area contributed by atoms with Crippen LogP contribution in [0.1, 0.15) is 53.6 Å². The van der Waals surface area contributed by atoms with Crippen LogP contribution in [0.3, 0.4) is 0 Å². The molecule has 7 rings (SSSR count). The molecule has 178 valence electrons. The summed E-state index contributed by atoms with van der Waals surface area (Å²) < 4.78 is 6.43. The Morgan fingerprint density at radius 1 is 1.03 bits per heavy atom. The Hall–Kier alpha value is -3.52. The topological polar surface area (TPSA) is 92.8 Å². The van der Waals surface area contributed by atoms with E-state index in [0.29, 0.717) is 6.54 Å². The van der Waals surface area contributed by atoms with E-state index in [-0.39, 0.29) is 11.6 Å². The Bertz CT molecular complexity index is 1350. The van der Waals surface area contributed by atoms with Crippen molar-refractivity contribution in [2.75, 3.05) is 29.4 Å². The number of aliphatic imine (C=N–C) groups is 1. The summed E-state index contributed by atoms with van der Waals surface area (Å²) in [6.45, 7) is 5.24. The number of para-hydroxylation sites is 1. The van der Waals surface area contributed by atoms with Gasteiger partial charge in [0.05, 0.1) is 35.4 Å². The first-order valence-corrected chi connectivity index (χ1v) is 12.6. The van der Waals surface area contributed by atoms with E-state index in [0.717, 1.165) is 96.7 Å². The molecule has 0 saturated carbocycles. The van der Waals surface area contributed by atoms with Crippen LogP contribution in [0.4, 0.5) is 11.5 Å². The van der Waals surface area contributed by atoms with Crippen LogP contribution < -0.4 is 20.3 Å². The largest absolute Gasteiger partial charge is 0.485 e. The van der Waals surface area contributed by atoms with Gasteiger partial charge in [0.15, 0.2) is 5.84 Å². The summed E-state index contributed by atoms with van der Waals surface area (Å²) >= 11 is 0. The monoisotopic (exact) mass is 467 g/mol. The highest BCUT2D eigenvalue weighted by Gasteiger charge is 2.48. The molecule has 1 aromatic carbocycles. The van der Waals surface area contributed by atoms with Gasteiger partial charge in [0.1, 0.15) is 22.9 Å². The molecule has 2 aromatic heterocycles. The molecule has 4 aliphatic rings. The lowest BCUT2D eigenvalue weighted by Gasteiger charge is -2.41. The second-order valence-electron chi connectivity index (χ2n) is 9.96. The SMILES string of the molecule is Cc1nc2c(nc1N1CCC3(CC1)Oc1ccccc1[C@H]3N)CN=C2N1CCCc2ncccc21. The van der Waals surface area contributed by atoms with Gasteiger partial charge in [-0.1, -0.05) is 18.2 Å². The van der Waals surface area contributed by atoms with Gasteiger partial charge in [0.2, 0.25) is 0 Å². The molecule has 8 nitrogen and oxygen atoms in total. The van der Waals surface area contributed by atoms with E-state index in [1.807, 2.05) is 30.5 Å². The number of piperidine rings is 1. The zero-order valence-corrected chi connectivity index (χ0v) is 19.9. The van der Waals surface area contributed by atoms with Crippen molar-refractivity contribution in [3.8, 4) is 5.75 Å². The highest BCUT2D eigenvalue weighted by Crippen LogP contribution is 2.47. The molecule has 1 saturated heterocycles. The average Bonchev–Trinajstić information content (AvgIpc) is 3.42. The van der Waals surface area contributed by atoms with Gasteiger partial charge in [-0.25, -0.2) is 9.97 Å². The number of amidine groups is 1. The number of nitrogens with two attached hydrogens (primary N) is 1. The number of rotatable bonds is 1. The van der Waals surface area contributed by atoms with Crippen molar-refractivity contribution < 1.29 is 4.74 Å². The Labute approximate surface area is 204 Å². The van der Waals surface area contributed by atoms with Crippen molar-refractivity contribution in [2.45, 2.75) is 50.8 Å². The van der Waals surface area contributed by atoms with E-state index in [9.17, 15) is 0 Å². The molecule has 0 aliphatic carbocycles. The number of aromatic nitrogens is 3. The average molecular weight is 468 g/mol. The van der Waals surface area contributed by atoms with E-state index in [2.05, 4.69) is 33.8 Å². The summed E-state index contributed by atoms with van der Waals surface area (Å²) in [6.07, 6.45) is 5.66. The first-order valence-electron chi connectivity index (χ1n) is 12.6. The summed E-state index contributed by atoms with van der Waals surface area (Å²) in [5, 5.41) is 0. The Morgan fingerprint density at radius 2 is 1.89 bits per heavy atom. The van der Waals surface area contributed by atoms with Gasteiger partial charge in [-0.05, 0) is 38.0 Å².